The van der Waals surface area contributed by atoms with E-state index >= 15 is 0 Å². The Bertz CT molecular complexity index is 1220. The highest BCUT2D eigenvalue weighted by Gasteiger charge is 2.27. The van der Waals surface area contributed by atoms with Crippen LogP contribution in [0.5, 0.6) is 5.75 Å². The fourth-order valence-corrected chi connectivity index (χ4v) is 4.85. The minimum absolute atomic E-state index is 0.139. The number of aryl methyl sites for hydroxylation is 4. The highest BCUT2D eigenvalue weighted by Crippen LogP contribution is 2.24. The van der Waals surface area contributed by atoms with Crippen LogP contribution in [0.2, 0.25) is 0 Å². The molecule has 7 heteroatoms. The number of ether oxygens (including phenoxy) is 1. The lowest BCUT2D eigenvalue weighted by atomic mass is 10.1. The van der Waals surface area contributed by atoms with Gasteiger partial charge < -0.3 is 10.1 Å². The Morgan fingerprint density at radius 1 is 0.879 bits per heavy atom. The second-order valence-corrected chi connectivity index (χ2v) is 9.99. The van der Waals surface area contributed by atoms with E-state index < -0.39 is 15.9 Å². The predicted molar refractivity (Wildman–Crippen MR) is 131 cm³/mol. The van der Waals surface area contributed by atoms with Crippen LogP contribution < -0.4 is 14.4 Å². The molecule has 1 N–H and O–H groups in total. The first-order valence-electron chi connectivity index (χ1n) is 10.8. The number of anilines is 1. The van der Waals surface area contributed by atoms with E-state index in [9.17, 15) is 13.2 Å². The molecule has 0 saturated carbocycles. The summed E-state index contributed by atoms with van der Waals surface area (Å²) in [5, 5.41) is 2.76. The summed E-state index contributed by atoms with van der Waals surface area (Å²) in [5.41, 5.74) is 4.48. The highest BCUT2D eigenvalue weighted by atomic mass is 32.2. The summed E-state index contributed by atoms with van der Waals surface area (Å²) >= 11 is 0. The largest absolute Gasteiger partial charge is 0.491 e. The van der Waals surface area contributed by atoms with Gasteiger partial charge in [-0.1, -0.05) is 47.5 Å². The van der Waals surface area contributed by atoms with Gasteiger partial charge in [0.2, 0.25) is 5.91 Å². The van der Waals surface area contributed by atoms with Crippen LogP contribution in [-0.4, -0.2) is 34.0 Å². The molecule has 1 amide bonds. The summed E-state index contributed by atoms with van der Waals surface area (Å²) in [5.74, 6) is 0.356. The van der Waals surface area contributed by atoms with Crippen LogP contribution in [0, 0.1) is 27.7 Å². The number of rotatable bonds is 9. The van der Waals surface area contributed by atoms with Gasteiger partial charge in [0.15, 0.2) is 0 Å². The van der Waals surface area contributed by atoms with E-state index in [0.29, 0.717) is 5.69 Å². The quantitative estimate of drug-likeness (QED) is 0.477. The van der Waals surface area contributed by atoms with Crippen molar-refractivity contribution in [1.82, 2.24) is 5.32 Å². The topological polar surface area (TPSA) is 75.7 Å². The van der Waals surface area contributed by atoms with Crippen LogP contribution in [0.15, 0.2) is 71.6 Å². The van der Waals surface area contributed by atoms with Crippen molar-refractivity contribution in [2.75, 3.05) is 24.0 Å². The van der Waals surface area contributed by atoms with E-state index in [0.717, 1.165) is 32.3 Å². The maximum Gasteiger partial charge on any atom is 0.264 e. The molecule has 3 aromatic carbocycles. The van der Waals surface area contributed by atoms with E-state index in [1.165, 1.54) is 0 Å². The first-order chi connectivity index (χ1) is 15.7. The molecule has 0 atom stereocenters. The molecule has 33 heavy (non-hydrogen) atoms. The second-order valence-electron chi connectivity index (χ2n) is 8.13. The molecule has 0 fully saturated rings. The molecular formula is C26H30N2O4S. The van der Waals surface area contributed by atoms with Crippen molar-refractivity contribution >= 4 is 21.6 Å². The lowest BCUT2D eigenvalue weighted by Gasteiger charge is -2.24. The molecule has 0 aliphatic rings. The van der Waals surface area contributed by atoms with Crippen LogP contribution in [0.3, 0.4) is 0 Å². The van der Waals surface area contributed by atoms with Gasteiger partial charge >= 0.3 is 0 Å². The maximum atomic E-state index is 13.4. The van der Waals surface area contributed by atoms with Crippen molar-refractivity contribution < 1.29 is 17.9 Å². The molecule has 6 nitrogen and oxygen atoms in total. The summed E-state index contributed by atoms with van der Waals surface area (Å²) < 4.78 is 33.7. The zero-order valence-electron chi connectivity index (χ0n) is 19.5. The van der Waals surface area contributed by atoms with E-state index in [-0.39, 0.29) is 24.6 Å². The molecular weight excluding hydrogens is 436 g/mol. The number of nitrogens with one attached hydrogen (secondary N) is 1. The smallest absolute Gasteiger partial charge is 0.264 e. The third kappa shape index (κ3) is 6.35. The predicted octanol–water partition coefficient (Wildman–Crippen LogP) is 4.31. The van der Waals surface area contributed by atoms with E-state index in [2.05, 4.69) is 5.32 Å². The number of amides is 1. The maximum absolute atomic E-state index is 13.4. The van der Waals surface area contributed by atoms with Gasteiger partial charge in [-0.25, -0.2) is 8.42 Å². The van der Waals surface area contributed by atoms with Gasteiger partial charge in [0.05, 0.1) is 17.1 Å². The number of hydrogen-bond donors (Lipinski definition) is 1. The third-order valence-electron chi connectivity index (χ3n) is 5.20. The van der Waals surface area contributed by atoms with Crippen molar-refractivity contribution in [1.29, 1.82) is 0 Å². The zero-order valence-corrected chi connectivity index (χ0v) is 20.3. The standard InChI is InChI=1S/C26H30N2O4S/c1-19-8-11-24(12-9-19)33(30,31)28(23-7-5-6-20(2)17-23)18-26(29)27-14-15-32-25-13-10-21(3)16-22(25)4/h5-13,16-17H,14-15,18H2,1-4H3,(H,27,29). The Morgan fingerprint density at radius 3 is 2.21 bits per heavy atom. The molecule has 174 valence electrons. The van der Waals surface area contributed by atoms with Crippen LogP contribution in [-0.2, 0) is 14.8 Å². The molecule has 0 radical (unpaired) electrons. The van der Waals surface area contributed by atoms with E-state index in [1.807, 2.05) is 52.0 Å². The molecule has 3 aromatic rings. The average Bonchev–Trinajstić information content (AvgIpc) is 2.76. The fraction of sp³-hybridized carbons (Fsp3) is 0.269. The van der Waals surface area contributed by atoms with Gasteiger partial charge in [-0.3, -0.25) is 9.10 Å². The van der Waals surface area contributed by atoms with Gasteiger partial charge in [0, 0.05) is 0 Å². The van der Waals surface area contributed by atoms with Crippen molar-refractivity contribution in [2.24, 2.45) is 0 Å². The summed E-state index contributed by atoms with van der Waals surface area (Å²) in [6.07, 6.45) is 0. The minimum Gasteiger partial charge on any atom is -0.491 e. The van der Waals surface area contributed by atoms with E-state index in [4.69, 9.17) is 4.74 Å². The molecule has 0 unspecified atom stereocenters. The van der Waals surface area contributed by atoms with Crippen LogP contribution in [0.25, 0.3) is 0 Å². The number of hydrogen-bond acceptors (Lipinski definition) is 4. The molecule has 0 aliphatic heterocycles. The Balaban J connectivity index is 1.70. The van der Waals surface area contributed by atoms with Crippen molar-refractivity contribution in [3.05, 3.63) is 89.0 Å². The summed E-state index contributed by atoms with van der Waals surface area (Å²) in [7, 11) is -3.92. The molecule has 3 rings (SSSR count). The zero-order chi connectivity index (χ0) is 24.0. The number of carbonyl (C=O) groups excluding carboxylic acids is 1. The van der Waals surface area contributed by atoms with Gasteiger partial charge in [0.1, 0.15) is 18.9 Å². The first kappa shape index (κ1) is 24.3. The van der Waals surface area contributed by atoms with Gasteiger partial charge in [0.25, 0.3) is 10.0 Å². The minimum atomic E-state index is -3.92. The SMILES string of the molecule is Cc1ccc(S(=O)(=O)N(CC(=O)NCCOc2ccc(C)cc2C)c2cccc(C)c2)cc1. The molecule has 0 heterocycles. The molecule has 0 aromatic heterocycles. The normalized spacial score (nSPS) is 11.2. The highest BCUT2D eigenvalue weighted by molar-refractivity contribution is 7.92. The van der Waals surface area contributed by atoms with Gasteiger partial charge in [-0.05, 0) is 69.2 Å². The molecule has 0 aliphatic carbocycles. The Kier molecular flexibility index (Phi) is 7.76. The lowest BCUT2D eigenvalue weighted by Crippen LogP contribution is -2.42. The Hall–Kier alpha value is -3.32. The average molecular weight is 467 g/mol. The number of carbonyl (C=O) groups is 1. The Labute approximate surface area is 196 Å². The molecule has 0 saturated heterocycles. The van der Waals surface area contributed by atoms with Crippen molar-refractivity contribution in [2.45, 2.75) is 32.6 Å². The van der Waals surface area contributed by atoms with Crippen LogP contribution in [0.1, 0.15) is 22.3 Å². The van der Waals surface area contributed by atoms with Crippen molar-refractivity contribution in [3.63, 3.8) is 0 Å². The number of sulfonamides is 1. The van der Waals surface area contributed by atoms with Crippen molar-refractivity contribution in [3.8, 4) is 5.75 Å². The lowest BCUT2D eigenvalue weighted by molar-refractivity contribution is -0.119. The van der Waals surface area contributed by atoms with E-state index in [1.54, 1.807) is 42.5 Å². The van der Waals surface area contributed by atoms with Gasteiger partial charge in [-0.2, -0.15) is 0 Å². The van der Waals surface area contributed by atoms with Crippen LogP contribution in [0.4, 0.5) is 5.69 Å². The third-order valence-corrected chi connectivity index (χ3v) is 6.99. The second kappa shape index (κ2) is 10.5. The monoisotopic (exact) mass is 466 g/mol. The number of nitrogens with zero attached hydrogens (tertiary/aromatic N) is 1. The summed E-state index contributed by atoms with van der Waals surface area (Å²) in [6, 6.07) is 19.6. The molecule has 0 bridgehead atoms. The summed E-state index contributed by atoms with van der Waals surface area (Å²) in [4.78, 5) is 12.8. The fourth-order valence-electron chi connectivity index (χ4n) is 3.43. The number of benzene rings is 3. The van der Waals surface area contributed by atoms with Gasteiger partial charge in [-0.15, -0.1) is 0 Å². The van der Waals surface area contributed by atoms with Crippen LogP contribution >= 0.6 is 0 Å². The molecule has 0 spiro atoms. The first-order valence-corrected chi connectivity index (χ1v) is 12.2. The summed E-state index contributed by atoms with van der Waals surface area (Å²) in [6.45, 7) is 7.97. The Morgan fingerprint density at radius 2 is 1.55 bits per heavy atom.